The molecule has 0 aliphatic heterocycles. The fourth-order valence-corrected chi connectivity index (χ4v) is 1.70. The van der Waals surface area contributed by atoms with Crippen LogP contribution in [0.25, 0.3) is 0 Å². The van der Waals surface area contributed by atoms with Crippen molar-refractivity contribution >= 4 is 22.2 Å². The average Bonchev–Trinajstić information content (AvgIpc) is 2.63. The van der Waals surface area contributed by atoms with Gasteiger partial charge in [0, 0.05) is 6.04 Å². The summed E-state index contributed by atoms with van der Waals surface area (Å²) in [6.07, 6.45) is 0. The summed E-state index contributed by atoms with van der Waals surface area (Å²) in [4.78, 5) is 11.6. The van der Waals surface area contributed by atoms with E-state index in [0.29, 0.717) is 10.6 Å². The summed E-state index contributed by atoms with van der Waals surface area (Å²) >= 11 is 1.34. The predicted molar refractivity (Wildman–Crippen MR) is 60.5 cm³/mol. The van der Waals surface area contributed by atoms with Crippen molar-refractivity contribution in [3.05, 3.63) is 17.0 Å². The second-order valence-electron chi connectivity index (χ2n) is 3.41. The molecule has 0 aromatic carbocycles. The highest BCUT2D eigenvalue weighted by Crippen LogP contribution is 2.22. The van der Waals surface area contributed by atoms with Crippen LogP contribution in [0.15, 0.2) is 11.4 Å². The zero-order chi connectivity index (χ0) is 11.4. The van der Waals surface area contributed by atoms with Crippen LogP contribution in [0.2, 0.25) is 0 Å². The second-order valence-corrected chi connectivity index (χ2v) is 4.33. The molecule has 2 atom stereocenters. The van der Waals surface area contributed by atoms with Crippen molar-refractivity contribution in [1.82, 2.24) is 0 Å². The Morgan fingerprint density at radius 2 is 2.33 bits per heavy atom. The van der Waals surface area contributed by atoms with Crippen molar-refractivity contribution in [2.24, 2.45) is 11.7 Å². The maximum atomic E-state index is 11.6. The number of rotatable bonds is 3. The molecule has 0 bridgehead atoms. The lowest BCUT2D eigenvalue weighted by Crippen LogP contribution is -2.34. The van der Waals surface area contributed by atoms with Gasteiger partial charge in [-0.15, -0.1) is 11.3 Å². The van der Waals surface area contributed by atoms with E-state index in [1.54, 1.807) is 25.3 Å². The fourth-order valence-electron chi connectivity index (χ4n) is 0.959. The van der Waals surface area contributed by atoms with E-state index in [1.165, 1.54) is 11.3 Å². The fraction of sp³-hybridized carbons (Fsp3) is 0.400. The highest BCUT2D eigenvalue weighted by molar-refractivity contribution is 7.14. The van der Waals surface area contributed by atoms with Crippen molar-refractivity contribution in [2.75, 3.05) is 5.32 Å². The highest BCUT2D eigenvalue weighted by Gasteiger charge is 2.18. The number of thiophene rings is 1. The number of nitriles is 1. The minimum absolute atomic E-state index is 0.149. The first-order chi connectivity index (χ1) is 7.06. The number of carbonyl (C=O) groups excluding carboxylic acids is 1. The molecule has 0 aliphatic rings. The first-order valence-corrected chi connectivity index (χ1v) is 5.48. The maximum Gasteiger partial charge on any atom is 0.229 e. The molecule has 1 rings (SSSR count). The van der Waals surface area contributed by atoms with Crippen molar-refractivity contribution in [2.45, 2.75) is 19.9 Å². The van der Waals surface area contributed by atoms with Crippen LogP contribution < -0.4 is 11.1 Å². The van der Waals surface area contributed by atoms with Crippen molar-refractivity contribution in [3.8, 4) is 6.07 Å². The smallest absolute Gasteiger partial charge is 0.229 e. The third-order valence-electron chi connectivity index (χ3n) is 2.22. The second kappa shape index (κ2) is 4.91. The summed E-state index contributed by atoms with van der Waals surface area (Å²) in [5, 5.41) is 13.8. The Balaban J connectivity index is 2.71. The minimum Gasteiger partial charge on any atom is -0.327 e. The minimum atomic E-state index is -0.265. The van der Waals surface area contributed by atoms with Crippen LogP contribution >= 0.6 is 11.3 Å². The van der Waals surface area contributed by atoms with E-state index in [9.17, 15) is 4.79 Å². The Bertz CT molecular complexity index is 392. The lowest BCUT2D eigenvalue weighted by Gasteiger charge is -2.14. The van der Waals surface area contributed by atoms with Crippen LogP contribution in [0, 0.1) is 17.2 Å². The van der Waals surface area contributed by atoms with Gasteiger partial charge >= 0.3 is 0 Å². The Morgan fingerprint density at radius 1 is 1.67 bits per heavy atom. The number of nitrogens with zero attached hydrogens (tertiary/aromatic N) is 1. The Hall–Kier alpha value is -1.38. The molecule has 0 fully saturated rings. The molecule has 1 aromatic heterocycles. The Morgan fingerprint density at radius 3 is 2.87 bits per heavy atom. The van der Waals surface area contributed by atoms with Gasteiger partial charge in [-0.2, -0.15) is 5.26 Å². The summed E-state index contributed by atoms with van der Waals surface area (Å²) in [6, 6.07) is 3.49. The molecular weight excluding hydrogens is 210 g/mol. The Labute approximate surface area is 92.7 Å². The molecule has 2 unspecified atom stereocenters. The first-order valence-electron chi connectivity index (χ1n) is 4.60. The number of anilines is 1. The average molecular weight is 223 g/mol. The number of hydrogen-bond donors (Lipinski definition) is 2. The molecule has 1 heterocycles. The number of amides is 1. The SMILES string of the molecule is CC(N)C(C)C(=O)Nc1sccc1C#N. The maximum absolute atomic E-state index is 11.6. The molecule has 1 amide bonds. The van der Waals surface area contributed by atoms with E-state index in [1.807, 2.05) is 6.07 Å². The normalized spacial score (nSPS) is 14.0. The van der Waals surface area contributed by atoms with Gasteiger partial charge in [0.2, 0.25) is 5.91 Å². The molecule has 0 aliphatic carbocycles. The first kappa shape index (κ1) is 11.7. The van der Waals surface area contributed by atoms with E-state index in [4.69, 9.17) is 11.0 Å². The van der Waals surface area contributed by atoms with Gasteiger partial charge in [0.15, 0.2) is 0 Å². The van der Waals surface area contributed by atoms with E-state index >= 15 is 0 Å². The monoisotopic (exact) mass is 223 g/mol. The zero-order valence-corrected chi connectivity index (χ0v) is 9.47. The number of nitrogens with one attached hydrogen (secondary N) is 1. The molecule has 3 N–H and O–H groups in total. The number of carbonyl (C=O) groups is 1. The number of hydrogen-bond acceptors (Lipinski definition) is 4. The third-order valence-corrected chi connectivity index (χ3v) is 3.05. The molecule has 4 nitrogen and oxygen atoms in total. The lowest BCUT2D eigenvalue weighted by molar-refractivity contribution is -0.119. The largest absolute Gasteiger partial charge is 0.327 e. The van der Waals surface area contributed by atoms with Crippen molar-refractivity contribution < 1.29 is 4.79 Å². The predicted octanol–water partition coefficient (Wildman–Crippen LogP) is 1.54. The van der Waals surface area contributed by atoms with Crippen molar-refractivity contribution in [3.63, 3.8) is 0 Å². The molecule has 1 aromatic rings. The van der Waals surface area contributed by atoms with Gasteiger partial charge in [-0.25, -0.2) is 0 Å². The molecule has 0 saturated carbocycles. The molecule has 15 heavy (non-hydrogen) atoms. The van der Waals surface area contributed by atoms with Crippen LogP contribution in [-0.4, -0.2) is 11.9 Å². The summed E-state index contributed by atoms with van der Waals surface area (Å²) < 4.78 is 0. The molecule has 5 heteroatoms. The van der Waals surface area contributed by atoms with Crippen LogP contribution in [0.5, 0.6) is 0 Å². The zero-order valence-electron chi connectivity index (χ0n) is 8.65. The summed E-state index contributed by atoms with van der Waals surface area (Å²) in [6.45, 7) is 3.55. The molecular formula is C10H13N3OS. The van der Waals surface area contributed by atoms with Crippen LogP contribution in [0.4, 0.5) is 5.00 Å². The van der Waals surface area contributed by atoms with Gasteiger partial charge in [0.05, 0.1) is 11.5 Å². The van der Waals surface area contributed by atoms with E-state index in [2.05, 4.69) is 5.32 Å². The van der Waals surface area contributed by atoms with Crippen LogP contribution in [0.1, 0.15) is 19.4 Å². The van der Waals surface area contributed by atoms with E-state index in [0.717, 1.165) is 0 Å². The van der Waals surface area contributed by atoms with E-state index < -0.39 is 0 Å². The summed E-state index contributed by atoms with van der Waals surface area (Å²) in [7, 11) is 0. The summed E-state index contributed by atoms with van der Waals surface area (Å²) in [5.74, 6) is -0.414. The van der Waals surface area contributed by atoms with Gasteiger partial charge in [-0.1, -0.05) is 6.92 Å². The molecule has 0 spiro atoms. The number of nitrogens with two attached hydrogens (primary N) is 1. The van der Waals surface area contributed by atoms with Gasteiger partial charge < -0.3 is 11.1 Å². The van der Waals surface area contributed by atoms with E-state index in [-0.39, 0.29) is 17.9 Å². The van der Waals surface area contributed by atoms with Crippen LogP contribution in [-0.2, 0) is 4.79 Å². The standard InChI is InChI=1S/C10H13N3OS/c1-6(7(2)12)9(14)13-10-8(5-11)3-4-15-10/h3-4,6-7H,12H2,1-2H3,(H,13,14). The quantitative estimate of drug-likeness (QED) is 0.815. The summed E-state index contributed by atoms with van der Waals surface area (Å²) in [5.41, 5.74) is 6.10. The lowest BCUT2D eigenvalue weighted by atomic mass is 10.0. The van der Waals surface area contributed by atoms with Gasteiger partial charge in [-0.05, 0) is 18.4 Å². The van der Waals surface area contributed by atoms with Gasteiger partial charge in [0.25, 0.3) is 0 Å². The third kappa shape index (κ3) is 2.78. The van der Waals surface area contributed by atoms with Gasteiger partial charge in [0.1, 0.15) is 11.1 Å². The molecule has 0 saturated heterocycles. The topological polar surface area (TPSA) is 78.9 Å². The molecule has 0 radical (unpaired) electrons. The highest BCUT2D eigenvalue weighted by atomic mass is 32.1. The Kier molecular flexibility index (Phi) is 3.83. The van der Waals surface area contributed by atoms with Gasteiger partial charge in [-0.3, -0.25) is 4.79 Å². The van der Waals surface area contributed by atoms with Crippen LogP contribution in [0.3, 0.4) is 0 Å². The van der Waals surface area contributed by atoms with Crippen molar-refractivity contribution in [1.29, 1.82) is 5.26 Å². The molecule has 80 valence electrons.